The van der Waals surface area contributed by atoms with E-state index in [1.54, 1.807) is 51.4 Å². The van der Waals surface area contributed by atoms with Crippen LogP contribution in [0, 0.1) is 6.92 Å². The van der Waals surface area contributed by atoms with Crippen molar-refractivity contribution in [3.8, 4) is 0 Å². The van der Waals surface area contributed by atoms with Crippen LogP contribution in [0.2, 0.25) is 0 Å². The van der Waals surface area contributed by atoms with Gasteiger partial charge in [0, 0.05) is 38.0 Å². The second-order valence-corrected chi connectivity index (χ2v) is 8.20. The maximum atomic E-state index is 12.7. The van der Waals surface area contributed by atoms with Crippen LogP contribution in [0.4, 0.5) is 0 Å². The first-order chi connectivity index (χ1) is 12.1. The highest BCUT2D eigenvalue weighted by atomic mass is 32.2. The van der Waals surface area contributed by atoms with Crippen LogP contribution in [-0.4, -0.2) is 45.5 Å². The number of hydrogen-bond donors (Lipinski definition) is 1. The highest BCUT2D eigenvalue weighted by Gasteiger charge is 2.18. The lowest BCUT2D eigenvalue weighted by Crippen LogP contribution is -2.27. The Morgan fingerprint density at radius 1 is 1.08 bits per heavy atom. The summed E-state index contributed by atoms with van der Waals surface area (Å²) in [5.41, 5.74) is 2.48. The molecule has 0 aromatic heterocycles. The molecule has 0 saturated carbocycles. The molecule has 0 saturated heterocycles. The maximum absolute atomic E-state index is 12.7. The zero-order chi connectivity index (χ0) is 19.5. The molecule has 2 aromatic rings. The van der Waals surface area contributed by atoms with Gasteiger partial charge in [0.2, 0.25) is 0 Å². The molecule has 0 bridgehead atoms. The summed E-state index contributed by atoms with van der Waals surface area (Å²) >= 11 is 0. The van der Waals surface area contributed by atoms with E-state index in [0.717, 1.165) is 11.8 Å². The van der Waals surface area contributed by atoms with Crippen molar-refractivity contribution < 1.29 is 18.0 Å². The largest absolute Gasteiger partial charge is 0.355 e. The topological polar surface area (TPSA) is 83.6 Å². The molecule has 0 spiro atoms. The first kappa shape index (κ1) is 19.7. The molecule has 26 heavy (non-hydrogen) atoms. The van der Waals surface area contributed by atoms with Crippen LogP contribution in [-0.2, 0) is 16.4 Å². The van der Waals surface area contributed by atoms with Crippen molar-refractivity contribution in [2.24, 2.45) is 0 Å². The Balaban J connectivity index is 2.21. The number of carbonyl (C=O) groups excluding carboxylic acids is 2. The summed E-state index contributed by atoms with van der Waals surface area (Å²) in [6.45, 7) is 2.11. The third kappa shape index (κ3) is 4.49. The number of nitrogens with one attached hydrogen (secondary N) is 1. The number of nitrogens with zero attached hydrogens (tertiary/aromatic N) is 1. The third-order valence-electron chi connectivity index (χ3n) is 4.08. The minimum Gasteiger partial charge on any atom is -0.355 e. The summed E-state index contributed by atoms with van der Waals surface area (Å²) in [7, 11) is -0.165. The first-order valence-electron chi connectivity index (χ1n) is 8.00. The van der Waals surface area contributed by atoms with E-state index in [4.69, 9.17) is 0 Å². The summed E-state index contributed by atoms with van der Waals surface area (Å²) in [4.78, 5) is 25.9. The van der Waals surface area contributed by atoms with Gasteiger partial charge in [-0.05, 0) is 42.3 Å². The molecule has 0 radical (unpaired) electrons. The highest BCUT2D eigenvalue weighted by Crippen LogP contribution is 2.18. The fourth-order valence-electron chi connectivity index (χ4n) is 2.52. The Kier molecular flexibility index (Phi) is 5.82. The van der Waals surface area contributed by atoms with Gasteiger partial charge in [0.05, 0.1) is 4.90 Å². The van der Waals surface area contributed by atoms with Gasteiger partial charge in [0.1, 0.15) is 0 Å². The predicted octanol–water partition coefficient (Wildman–Crippen LogP) is 2.03. The second kappa shape index (κ2) is 7.70. The number of rotatable bonds is 5. The monoisotopic (exact) mass is 374 g/mol. The van der Waals surface area contributed by atoms with Crippen molar-refractivity contribution in [3.63, 3.8) is 0 Å². The van der Waals surface area contributed by atoms with Gasteiger partial charge in [-0.15, -0.1) is 0 Å². The quantitative estimate of drug-likeness (QED) is 0.868. The number of benzene rings is 2. The molecule has 0 atom stereocenters. The van der Waals surface area contributed by atoms with Gasteiger partial charge in [0.25, 0.3) is 11.8 Å². The average Bonchev–Trinajstić information content (AvgIpc) is 2.60. The molecule has 0 unspecified atom stereocenters. The van der Waals surface area contributed by atoms with E-state index in [1.807, 2.05) is 0 Å². The minimum atomic E-state index is -3.38. The van der Waals surface area contributed by atoms with Crippen molar-refractivity contribution >= 4 is 21.7 Å². The molecule has 0 fully saturated rings. The van der Waals surface area contributed by atoms with Crippen LogP contribution in [0.25, 0.3) is 0 Å². The lowest BCUT2D eigenvalue weighted by atomic mass is 10.1. The molecule has 6 nitrogen and oxygen atoms in total. The van der Waals surface area contributed by atoms with Gasteiger partial charge in [-0.1, -0.05) is 18.2 Å². The second-order valence-electron chi connectivity index (χ2n) is 6.19. The molecule has 2 amide bonds. The summed E-state index contributed by atoms with van der Waals surface area (Å²) < 4.78 is 23.5. The Morgan fingerprint density at radius 3 is 2.23 bits per heavy atom. The van der Waals surface area contributed by atoms with E-state index in [9.17, 15) is 18.0 Å². The molecule has 2 rings (SSSR count). The fraction of sp³-hybridized carbons (Fsp3) is 0.263. The Labute approximate surface area is 153 Å². The number of carbonyl (C=O) groups is 2. The number of hydrogen-bond acceptors (Lipinski definition) is 4. The minimum absolute atomic E-state index is 0.120. The molecule has 138 valence electrons. The summed E-state index contributed by atoms with van der Waals surface area (Å²) in [6.07, 6.45) is 1.11. The molecule has 7 heteroatoms. The molecular formula is C19H22N2O4S. The van der Waals surface area contributed by atoms with Gasteiger partial charge in [0.15, 0.2) is 9.84 Å². The first-order valence-corrected chi connectivity index (χ1v) is 9.90. The molecule has 1 N–H and O–H groups in total. The Hall–Kier alpha value is -2.67. The predicted molar refractivity (Wildman–Crippen MR) is 99.9 cm³/mol. The van der Waals surface area contributed by atoms with Gasteiger partial charge in [-0.3, -0.25) is 9.59 Å². The highest BCUT2D eigenvalue weighted by molar-refractivity contribution is 7.90. The molecule has 0 aliphatic carbocycles. The SMILES string of the molecule is CNC(=O)c1ccc(CN(C)C(=O)c2cc(S(C)(=O)=O)ccc2C)cc1. The van der Waals surface area contributed by atoms with Gasteiger partial charge >= 0.3 is 0 Å². The molecular weight excluding hydrogens is 352 g/mol. The lowest BCUT2D eigenvalue weighted by molar-refractivity contribution is 0.0783. The van der Waals surface area contributed by atoms with Crippen molar-refractivity contribution in [1.29, 1.82) is 0 Å². The zero-order valence-electron chi connectivity index (χ0n) is 15.2. The van der Waals surface area contributed by atoms with E-state index >= 15 is 0 Å². The van der Waals surface area contributed by atoms with Gasteiger partial charge in [-0.25, -0.2) is 8.42 Å². The van der Waals surface area contributed by atoms with Crippen LogP contribution < -0.4 is 5.32 Å². The Bertz CT molecular complexity index is 935. The smallest absolute Gasteiger partial charge is 0.254 e. The summed E-state index contributed by atoms with van der Waals surface area (Å²) in [5, 5.41) is 2.55. The normalized spacial score (nSPS) is 11.1. The van der Waals surface area contributed by atoms with Crippen molar-refractivity contribution in [1.82, 2.24) is 10.2 Å². The summed E-state index contributed by atoms with van der Waals surface area (Å²) in [5.74, 6) is -0.433. The van der Waals surface area contributed by atoms with Crippen LogP contribution in [0.3, 0.4) is 0 Å². The molecule has 2 aromatic carbocycles. The molecule has 0 aliphatic heterocycles. The van der Waals surface area contributed by atoms with Crippen LogP contribution in [0.15, 0.2) is 47.4 Å². The van der Waals surface area contributed by atoms with E-state index in [0.29, 0.717) is 23.2 Å². The van der Waals surface area contributed by atoms with Crippen molar-refractivity contribution in [2.45, 2.75) is 18.4 Å². The number of amides is 2. The van der Waals surface area contributed by atoms with Crippen LogP contribution in [0.5, 0.6) is 0 Å². The van der Waals surface area contributed by atoms with E-state index < -0.39 is 9.84 Å². The third-order valence-corrected chi connectivity index (χ3v) is 5.19. The van der Waals surface area contributed by atoms with E-state index in [-0.39, 0.29) is 16.7 Å². The zero-order valence-corrected chi connectivity index (χ0v) is 16.1. The molecule has 0 heterocycles. The van der Waals surface area contributed by atoms with Gasteiger partial charge < -0.3 is 10.2 Å². The Morgan fingerprint density at radius 2 is 1.69 bits per heavy atom. The fourth-order valence-corrected chi connectivity index (χ4v) is 3.17. The number of aryl methyl sites for hydroxylation is 1. The van der Waals surface area contributed by atoms with Crippen molar-refractivity contribution in [2.75, 3.05) is 20.4 Å². The van der Waals surface area contributed by atoms with Crippen LogP contribution in [0.1, 0.15) is 31.8 Å². The lowest BCUT2D eigenvalue weighted by Gasteiger charge is -2.19. The number of sulfone groups is 1. The van der Waals surface area contributed by atoms with Gasteiger partial charge in [-0.2, -0.15) is 0 Å². The average molecular weight is 374 g/mol. The van der Waals surface area contributed by atoms with E-state index in [1.165, 1.54) is 17.0 Å². The molecule has 0 aliphatic rings. The van der Waals surface area contributed by atoms with E-state index in [2.05, 4.69) is 5.32 Å². The van der Waals surface area contributed by atoms with Crippen molar-refractivity contribution in [3.05, 3.63) is 64.7 Å². The standard InChI is InChI=1S/C19H22N2O4S/c1-13-5-10-16(26(4,24)25)11-17(13)19(23)21(3)12-14-6-8-15(9-7-14)18(22)20-2/h5-11H,12H2,1-4H3,(H,20,22). The van der Waals surface area contributed by atoms with Crippen LogP contribution >= 0.6 is 0 Å². The summed E-state index contributed by atoms with van der Waals surface area (Å²) in [6, 6.07) is 11.5. The maximum Gasteiger partial charge on any atom is 0.254 e.